The van der Waals surface area contributed by atoms with Crippen LogP contribution in [0.2, 0.25) is 0 Å². The molecular formula is C28H37N7O7. The number of carboxylic acids is 2. The molecule has 4 atom stereocenters. The molecule has 9 N–H and O–H groups in total. The Morgan fingerprint density at radius 3 is 2.21 bits per heavy atom. The topological polar surface area (TPSA) is 232 Å². The first-order valence-electron chi connectivity index (χ1n) is 13.6. The molecule has 0 bridgehead atoms. The van der Waals surface area contributed by atoms with Gasteiger partial charge in [-0.25, -0.2) is 9.78 Å². The molecule has 42 heavy (non-hydrogen) atoms. The Morgan fingerprint density at radius 1 is 0.905 bits per heavy atom. The summed E-state index contributed by atoms with van der Waals surface area (Å²) in [5.74, 6) is -4.57. The first-order chi connectivity index (χ1) is 19.9. The highest BCUT2D eigenvalue weighted by atomic mass is 16.4. The molecule has 0 aliphatic rings. The van der Waals surface area contributed by atoms with E-state index in [0.717, 1.165) is 10.9 Å². The van der Waals surface area contributed by atoms with Gasteiger partial charge in [-0.3, -0.25) is 19.2 Å². The average Bonchev–Trinajstić information content (AvgIpc) is 3.59. The van der Waals surface area contributed by atoms with Crippen LogP contribution >= 0.6 is 0 Å². The monoisotopic (exact) mass is 583 g/mol. The highest BCUT2D eigenvalue weighted by molar-refractivity contribution is 5.95. The number of fused-ring (bicyclic) bond motifs is 1. The molecule has 14 nitrogen and oxygen atoms in total. The van der Waals surface area contributed by atoms with Crippen molar-refractivity contribution < 1.29 is 34.2 Å². The Kier molecular flexibility index (Phi) is 11.2. The number of hydrogen-bond acceptors (Lipinski definition) is 7. The summed E-state index contributed by atoms with van der Waals surface area (Å²) >= 11 is 0. The summed E-state index contributed by atoms with van der Waals surface area (Å²) in [6.07, 6.45) is 4.07. The van der Waals surface area contributed by atoms with Crippen molar-refractivity contribution in [2.75, 3.05) is 0 Å². The number of aromatic amines is 2. The Labute approximate surface area is 241 Å². The quantitative estimate of drug-likeness (QED) is 0.117. The minimum absolute atomic E-state index is 0.0234. The van der Waals surface area contributed by atoms with E-state index >= 15 is 0 Å². The molecule has 1 aromatic carbocycles. The van der Waals surface area contributed by atoms with E-state index in [-0.39, 0.29) is 25.2 Å². The van der Waals surface area contributed by atoms with Gasteiger partial charge in [0, 0.05) is 48.3 Å². The SMILES string of the molecule is CC(C)CC(N)C(=O)NC(CCC(=O)O)C(=O)NC(Cc1c[nH]c2ccccc12)C(=O)NC(Cc1cnc[nH]1)C(=O)O. The van der Waals surface area contributed by atoms with Crippen molar-refractivity contribution in [3.8, 4) is 0 Å². The number of benzene rings is 1. The maximum atomic E-state index is 13.5. The fourth-order valence-electron chi connectivity index (χ4n) is 4.52. The summed E-state index contributed by atoms with van der Waals surface area (Å²) in [5, 5.41) is 27.4. The van der Waals surface area contributed by atoms with Gasteiger partial charge in [-0.1, -0.05) is 32.0 Å². The van der Waals surface area contributed by atoms with Crippen molar-refractivity contribution in [3.05, 3.63) is 54.2 Å². The maximum absolute atomic E-state index is 13.5. The van der Waals surface area contributed by atoms with Crippen LogP contribution in [0.3, 0.4) is 0 Å². The van der Waals surface area contributed by atoms with Gasteiger partial charge in [0.05, 0.1) is 12.4 Å². The van der Waals surface area contributed by atoms with Gasteiger partial charge >= 0.3 is 11.9 Å². The molecule has 0 fully saturated rings. The van der Waals surface area contributed by atoms with Gasteiger partial charge in [-0.05, 0) is 30.4 Å². The van der Waals surface area contributed by atoms with E-state index in [2.05, 4.69) is 30.9 Å². The number of hydrogen-bond donors (Lipinski definition) is 8. The van der Waals surface area contributed by atoms with Crippen molar-refractivity contribution in [2.24, 2.45) is 11.7 Å². The van der Waals surface area contributed by atoms with Gasteiger partial charge in [0.1, 0.15) is 18.1 Å². The molecule has 226 valence electrons. The number of rotatable bonds is 16. The third kappa shape index (κ3) is 9.16. The van der Waals surface area contributed by atoms with Gasteiger partial charge in [-0.2, -0.15) is 0 Å². The highest BCUT2D eigenvalue weighted by Crippen LogP contribution is 2.19. The lowest BCUT2D eigenvalue weighted by atomic mass is 10.0. The number of carboxylic acid groups (broad SMARTS) is 2. The zero-order valence-corrected chi connectivity index (χ0v) is 23.4. The molecule has 0 aliphatic heterocycles. The lowest BCUT2D eigenvalue weighted by Gasteiger charge is -2.25. The Hall–Kier alpha value is -4.72. The minimum Gasteiger partial charge on any atom is -0.481 e. The van der Waals surface area contributed by atoms with E-state index in [1.165, 1.54) is 12.5 Å². The predicted octanol–water partition coefficient (Wildman–Crippen LogP) is 0.453. The molecule has 0 saturated carbocycles. The Balaban J connectivity index is 1.85. The number of nitrogens with one attached hydrogen (secondary N) is 5. The zero-order chi connectivity index (χ0) is 30.8. The second-order valence-electron chi connectivity index (χ2n) is 10.5. The van der Waals surface area contributed by atoms with Crippen LogP contribution < -0.4 is 21.7 Å². The summed E-state index contributed by atoms with van der Waals surface area (Å²) in [5.41, 5.74) is 7.92. The lowest BCUT2D eigenvalue weighted by molar-refractivity contribution is -0.142. The fourth-order valence-corrected chi connectivity index (χ4v) is 4.52. The molecule has 2 heterocycles. The first-order valence-corrected chi connectivity index (χ1v) is 13.6. The number of para-hydroxylation sites is 1. The van der Waals surface area contributed by atoms with Crippen LogP contribution in [0.4, 0.5) is 0 Å². The number of aromatic nitrogens is 3. The van der Waals surface area contributed by atoms with Gasteiger partial charge in [0.15, 0.2) is 0 Å². The van der Waals surface area contributed by atoms with Crippen molar-refractivity contribution in [1.82, 2.24) is 30.9 Å². The molecule has 0 aliphatic carbocycles. The summed E-state index contributed by atoms with van der Waals surface area (Å²) in [6.45, 7) is 3.76. The largest absolute Gasteiger partial charge is 0.481 e. The van der Waals surface area contributed by atoms with Crippen molar-refractivity contribution >= 4 is 40.6 Å². The van der Waals surface area contributed by atoms with E-state index in [0.29, 0.717) is 17.7 Å². The standard InChI is InChI=1S/C28H37N7O7/c1-15(2)9-19(29)25(38)33-21(7-8-24(36)37)26(39)34-22(10-16-12-31-20-6-4-3-5-18(16)20)27(40)35-23(28(41)42)11-17-13-30-14-32-17/h3-6,12-15,19,21-23,31H,7-11,29H2,1-2H3,(H,30,32)(H,33,38)(H,34,39)(H,35,40)(H,36,37)(H,41,42). The molecule has 2 aromatic heterocycles. The van der Waals surface area contributed by atoms with E-state index in [4.69, 9.17) is 5.73 Å². The van der Waals surface area contributed by atoms with Crippen molar-refractivity contribution in [2.45, 2.75) is 70.1 Å². The normalized spacial score (nSPS) is 14.1. The minimum atomic E-state index is -1.34. The summed E-state index contributed by atoms with van der Waals surface area (Å²) in [6, 6.07) is 2.50. The van der Waals surface area contributed by atoms with Crippen LogP contribution in [0.15, 0.2) is 43.0 Å². The summed E-state index contributed by atoms with van der Waals surface area (Å²) in [7, 11) is 0. The Bertz CT molecular complexity index is 1390. The molecule has 3 rings (SSSR count). The first kappa shape index (κ1) is 31.8. The molecule has 4 unspecified atom stereocenters. The second kappa shape index (κ2) is 14.8. The number of carbonyl (C=O) groups excluding carboxylic acids is 3. The second-order valence-corrected chi connectivity index (χ2v) is 10.5. The zero-order valence-electron chi connectivity index (χ0n) is 23.4. The van der Waals surface area contributed by atoms with Crippen molar-refractivity contribution in [3.63, 3.8) is 0 Å². The highest BCUT2D eigenvalue weighted by Gasteiger charge is 2.31. The molecule has 3 aromatic rings. The number of nitrogens with zero attached hydrogens (tertiary/aromatic N) is 1. The number of aliphatic carboxylic acids is 2. The van der Waals surface area contributed by atoms with Gasteiger partial charge in [0.25, 0.3) is 0 Å². The number of nitrogens with two attached hydrogens (primary N) is 1. The van der Waals surface area contributed by atoms with E-state index < -0.39 is 60.2 Å². The maximum Gasteiger partial charge on any atom is 0.326 e. The Morgan fingerprint density at radius 2 is 1.57 bits per heavy atom. The summed E-state index contributed by atoms with van der Waals surface area (Å²) in [4.78, 5) is 72.6. The molecule has 3 amide bonds. The summed E-state index contributed by atoms with van der Waals surface area (Å²) < 4.78 is 0. The van der Waals surface area contributed by atoms with Crippen LogP contribution in [0, 0.1) is 5.92 Å². The van der Waals surface area contributed by atoms with Crippen LogP contribution in [0.1, 0.15) is 44.4 Å². The van der Waals surface area contributed by atoms with E-state index in [1.807, 2.05) is 38.1 Å². The van der Waals surface area contributed by atoms with Crippen LogP contribution in [-0.4, -0.2) is 79.0 Å². The van der Waals surface area contributed by atoms with Gasteiger partial charge in [0.2, 0.25) is 17.7 Å². The fraction of sp³-hybridized carbons (Fsp3) is 0.429. The molecule has 14 heteroatoms. The number of carbonyl (C=O) groups is 5. The smallest absolute Gasteiger partial charge is 0.326 e. The van der Waals surface area contributed by atoms with Crippen LogP contribution in [0.5, 0.6) is 0 Å². The van der Waals surface area contributed by atoms with Gasteiger partial charge < -0.3 is 41.9 Å². The third-order valence-electron chi connectivity index (χ3n) is 6.67. The molecule has 0 saturated heterocycles. The van der Waals surface area contributed by atoms with Crippen molar-refractivity contribution in [1.29, 1.82) is 0 Å². The number of amides is 3. The lowest BCUT2D eigenvalue weighted by Crippen LogP contribution is -2.58. The predicted molar refractivity (Wildman–Crippen MR) is 152 cm³/mol. The molecule has 0 radical (unpaired) electrons. The van der Waals surface area contributed by atoms with E-state index in [1.54, 1.807) is 6.20 Å². The van der Waals surface area contributed by atoms with Crippen LogP contribution in [-0.2, 0) is 36.8 Å². The number of H-pyrrole nitrogens is 2. The average molecular weight is 584 g/mol. The van der Waals surface area contributed by atoms with E-state index in [9.17, 15) is 34.2 Å². The third-order valence-corrected chi connectivity index (χ3v) is 6.67. The molecule has 0 spiro atoms. The number of imidazole rings is 1. The van der Waals surface area contributed by atoms with Gasteiger partial charge in [-0.15, -0.1) is 0 Å². The molecular weight excluding hydrogens is 546 g/mol. The van der Waals surface area contributed by atoms with Crippen LogP contribution in [0.25, 0.3) is 10.9 Å².